The first-order valence-electron chi connectivity index (χ1n) is 20.7. The van der Waals surface area contributed by atoms with Crippen molar-refractivity contribution < 1.29 is 0 Å². The van der Waals surface area contributed by atoms with E-state index in [1.54, 1.807) is 0 Å². The van der Waals surface area contributed by atoms with E-state index < -0.39 is 0 Å². The number of hydrogen-bond acceptors (Lipinski definition) is 3. The van der Waals surface area contributed by atoms with Crippen LogP contribution < -0.4 is 15.3 Å². The van der Waals surface area contributed by atoms with E-state index in [1.165, 1.54) is 82.2 Å². The Morgan fingerprint density at radius 1 is 0.542 bits per heavy atom. The molecule has 0 spiro atoms. The second-order valence-electron chi connectivity index (χ2n) is 16.9. The van der Waals surface area contributed by atoms with Crippen LogP contribution in [0, 0.1) is 0 Å². The van der Waals surface area contributed by atoms with Crippen LogP contribution in [0.3, 0.4) is 0 Å². The first-order chi connectivity index (χ1) is 29.1. The Bertz CT molecular complexity index is 3570. The van der Waals surface area contributed by atoms with Gasteiger partial charge in [-0.05, 0) is 62.7 Å². The van der Waals surface area contributed by atoms with Gasteiger partial charge in [-0.15, -0.1) is 0 Å². The average Bonchev–Trinajstić information content (AvgIpc) is 3.88. The zero-order valence-corrected chi connectivity index (χ0v) is 32.8. The van der Waals surface area contributed by atoms with Crippen LogP contribution in [-0.2, 0) is 5.41 Å². The van der Waals surface area contributed by atoms with E-state index in [2.05, 4.69) is 205 Å². The highest BCUT2D eigenvalue weighted by Crippen LogP contribution is 2.54. The van der Waals surface area contributed by atoms with Crippen LogP contribution in [0.5, 0.6) is 0 Å². The molecule has 0 radical (unpaired) electrons. The summed E-state index contributed by atoms with van der Waals surface area (Å²) in [5.41, 5.74) is 13.3. The van der Waals surface area contributed by atoms with E-state index in [0.29, 0.717) is 0 Å². The molecule has 1 aliphatic heterocycles. The van der Waals surface area contributed by atoms with Gasteiger partial charge in [0.25, 0.3) is 0 Å². The molecule has 0 saturated carbocycles. The normalized spacial score (nSPS) is 17.2. The smallest absolute Gasteiger partial charge is 0.162 e. The van der Waals surface area contributed by atoms with Crippen LogP contribution in [0.2, 0.25) is 0 Å². The molecule has 10 aromatic rings. The van der Waals surface area contributed by atoms with Crippen molar-refractivity contribution in [2.75, 3.05) is 4.90 Å². The maximum absolute atomic E-state index is 5.70. The third-order valence-electron chi connectivity index (χ3n) is 13.5. The molecule has 0 bridgehead atoms. The molecule has 3 heterocycles. The highest BCUT2D eigenvalue weighted by molar-refractivity contribution is 6.19. The molecule has 0 amide bonds. The van der Waals surface area contributed by atoms with E-state index in [1.807, 2.05) is 0 Å². The Morgan fingerprint density at radius 2 is 1.25 bits per heavy atom. The lowest BCUT2D eigenvalue weighted by Gasteiger charge is -2.32. The molecule has 8 aromatic carbocycles. The summed E-state index contributed by atoms with van der Waals surface area (Å²) in [6.45, 7) is 4.67. The Hall–Kier alpha value is -7.30. The van der Waals surface area contributed by atoms with Crippen LogP contribution in [0.25, 0.3) is 77.8 Å². The van der Waals surface area contributed by atoms with Gasteiger partial charge in [0, 0.05) is 49.1 Å². The quantitative estimate of drug-likeness (QED) is 0.180. The van der Waals surface area contributed by atoms with Gasteiger partial charge in [0.15, 0.2) is 5.82 Å². The van der Waals surface area contributed by atoms with Crippen molar-refractivity contribution in [3.63, 3.8) is 0 Å². The van der Waals surface area contributed by atoms with Crippen LogP contribution in [0.15, 0.2) is 176 Å². The zero-order valence-electron chi connectivity index (χ0n) is 32.8. The molecule has 0 fully saturated rings. The predicted molar refractivity (Wildman–Crippen MR) is 244 cm³/mol. The second-order valence-corrected chi connectivity index (χ2v) is 16.9. The number of para-hydroxylation sites is 3. The SMILES string of the molecule is CC1(C)c2ccccc2-c2c(-c3nc(N4c5ccccc5C5C(n6c7ccccc7c7ccc8ccccc8c76)=c6ccccc6=CC54)c4ccccc4n3)cccc21. The summed E-state index contributed by atoms with van der Waals surface area (Å²) in [4.78, 5) is 13.6. The Kier molecular flexibility index (Phi) is 6.59. The predicted octanol–water partition coefficient (Wildman–Crippen LogP) is 11.6. The van der Waals surface area contributed by atoms with Gasteiger partial charge in [-0.25, -0.2) is 9.97 Å². The number of nitrogens with zero attached hydrogens (tertiary/aromatic N) is 4. The van der Waals surface area contributed by atoms with Crippen molar-refractivity contribution >= 4 is 66.8 Å². The molecule has 59 heavy (non-hydrogen) atoms. The number of aromatic nitrogens is 3. The third kappa shape index (κ3) is 4.38. The molecule has 278 valence electrons. The number of hydrogen-bond donors (Lipinski definition) is 0. The summed E-state index contributed by atoms with van der Waals surface area (Å²) < 4.78 is 2.60. The summed E-state index contributed by atoms with van der Waals surface area (Å²) in [5, 5.41) is 8.55. The molecular formula is C55H38N4. The molecule has 2 atom stereocenters. The standard InChI is InChI=1S/C55H38N4/c1-55(2)43-25-11-7-21-39(43)49-42(24-15-26-44(49)55)53-56-45-27-12-8-22-40(45)54(57-53)58-47-29-14-10-23-41(47)50-48(58)32-34-17-4-6-19-36(34)52(50)59-46-28-13-9-20-37(46)38-31-30-33-16-3-5-18-35(33)51(38)59/h3-32,48,50H,1-2H3. The molecule has 4 heteroatoms. The molecule has 0 saturated heterocycles. The molecule has 0 N–H and O–H groups in total. The van der Waals surface area contributed by atoms with Gasteiger partial charge in [-0.3, -0.25) is 0 Å². The van der Waals surface area contributed by atoms with Gasteiger partial charge in [0.2, 0.25) is 0 Å². The van der Waals surface area contributed by atoms with Crippen molar-refractivity contribution in [3.05, 3.63) is 203 Å². The Morgan fingerprint density at radius 3 is 2.19 bits per heavy atom. The van der Waals surface area contributed by atoms with Gasteiger partial charge in [-0.2, -0.15) is 0 Å². The van der Waals surface area contributed by atoms with Gasteiger partial charge >= 0.3 is 0 Å². The van der Waals surface area contributed by atoms with Crippen LogP contribution >= 0.6 is 0 Å². The van der Waals surface area contributed by atoms with E-state index in [9.17, 15) is 0 Å². The summed E-state index contributed by atoms with van der Waals surface area (Å²) in [6, 6.07) is 64.4. The minimum atomic E-state index is -0.127. The monoisotopic (exact) mass is 754 g/mol. The number of rotatable bonds is 3. The van der Waals surface area contributed by atoms with E-state index in [0.717, 1.165) is 28.1 Å². The van der Waals surface area contributed by atoms with E-state index >= 15 is 0 Å². The Balaban J connectivity index is 1.10. The lowest BCUT2D eigenvalue weighted by Crippen LogP contribution is -2.43. The minimum absolute atomic E-state index is 0.00454. The summed E-state index contributed by atoms with van der Waals surface area (Å²) >= 11 is 0. The Labute approximate surface area is 341 Å². The zero-order chi connectivity index (χ0) is 39.0. The number of benzene rings is 8. The van der Waals surface area contributed by atoms with Gasteiger partial charge in [0.05, 0.1) is 28.5 Å². The maximum atomic E-state index is 5.70. The van der Waals surface area contributed by atoms with Gasteiger partial charge in [-0.1, -0.05) is 172 Å². The highest BCUT2D eigenvalue weighted by atomic mass is 15.3. The van der Waals surface area contributed by atoms with Crippen molar-refractivity contribution in [1.29, 1.82) is 0 Å². The lowest BCUT2D eigenvalue weighted by molar-refractivity contribution is 0.660. The largest absolute Gasteiger partial charge is 0.317 e. The highest BCUT2D eigenvalue weighted by Gasteiger charge is 2.44. The summed E-state index contributed by atoms with van der Waals surface area (Å²) in [5.74, 6) is 1.68. The fourth-order valence-corrected chi connectivity index (χ4v) is 11.0. The maximum Gasteiger partial charge on any atom is 0.162 e. The van der Waals surface area contributed by atoms with Crippen molar-refractivity contribution in [1.82, 2.24) is 14.5 Å². The van der Waals surface area contributed by atoms with E-state index in [4.69, 9.17) is 9.97 Å². The van der Waals surface area contributed by atoms with Crippen LogP contribution in [0.1, 0.15) is 36.5 Å². The summed E-state index contributed by atoms with van der Waals surface area (Å²) in [6.07, 6.45) is 2.49. The molecular weight excluding hydrogens is 717 g/mol. The summed E-state index contributed by atoms with van der Waals surface area (Å²) in [7, 11) is 0. The topological polar surface area (TPSA) is 34.0 Å². The third-order valence-corrected chi connectivity index (χ3v) is 13.5. The van der Waals surface area contributed by atoms with Crippen molar-refractivity contribution in [2.45, 2.75) is 31.2 Å². The van der Waals surface area contributed by atoms with Crippen molar-refractivity contribution in [3.8, 4) is 22.5 Å². The molecule has 3 aliphatic rings. The average molecular weight is 755 g/mol. The first-order valence-corrected chi connectivity index (χ1v) is 20.7. The van der Waals surface area contributed by atoms with E-state index in [-0.39, 0.29) is 17.4 Å². The van der Waals surface area contributed by atoms with Crippen LogP contribution in [0.4, 0.5) is 11.5 Å². The lowest BCUT2D eigenvalue weighted by atomic mass is 9.82. The van der Waals surface area contributed by atoms with Gasteiger partial charge < -0.3 is 9.47 Å². The molecule has 13 rings (SSSR count). The van der Waals surface area contributed by atoms with Crippen molar-refractivity contribution in [2.24, 2.45) is 0 Å². The second kappa shape index (κ2) is 11.9. The molecule has 2 aliphatic carbocycles. The first kappa shape index (κ1) is 32.8. The van der Waals surface area contributed by atoms with Crippen LogP contribution in [-0.4, -0.2) is 20.6 Å². The molecule has 4 nitrogen and oxygen atoms in total. The minimum Gasteiger partial charge on any atom is -0.317 e. The molecule has 2 aromatic heterocycles. The fraction of sp³-hybridized carbons (Fsp3) is 0.0909. The molecule has 2 unspecified atom stereocenters. The fourth-order valence-electron chi connectivity index (χ4n) is 11.0. The number of fused-ring (bicyclic) bond motifs is 13. The number of anilines is 2. The van der Waals surface area contributed by atoms with Gasteiger partial charge in [0.1, 0.15) is 5.82 Å².